The minimum absolute atomic E-state index is 0.174. The van der Waals surface area contributed by atoms with Crippen LogP contribution in [0.5, 0.6) is 0 Å². The van der Waals surface area contributed by atoms with E-state index >= 15 is 0 Å². The van der Waals surface area contributed by atoms with Crippen LogP contribution in [-0.4, -0.2) is 11.0 Å². The van der Waals surface area contributed by atoms with Gasteiger partial charge in [0, 0.05) is 16.6 Å². The van der Waals surface area contributed by atoms with E-state index in [1.165, 1.54) is 12.1 Å². The van der Waals surface area contributed by atoms with Crippen LogP contribution in [-0.2, 0) is 12.8 Å². The van der Waals surface area contributed by atoms with Gasteiger partial charge in [0.15, 0.2) is 0 Å². The van der Waals surface area contributed by atoms with Crippen molar-refractivity contribution < 1.29 is 9.31 Å². The summed E-state index contributed by atoms with van der Waals surface area (Å²) in [5.74, 6) is -0.826. The molecule has 0 aromatic heterocycles. The number of rotatable bonds is 5. The van der Waals surface area contributed by atoms with Crippen molar-refractivity contribution in [1.29, 1.82) is 0 Å². The van der Waals surface area contributed by atoms with Gasteiger partial charge in [-0.2, -0.15) is 4.39 Å². The zero-order valence-corrected chi connectivity index (χ0v) is 12.7. The maximum Gasteiger partial charge on any atom is 0.304 e. The Labute approximate surface area is 130 Å². The van der Waals surface area contributed by atoms with Crippen LogP contribution < -0.4 is 5.73 Å². The number of nitro benzene ring substituents is 1. The predicted octanol–water partition coefficient (Wildman–Crippen LogP) is 3.61. The molecule has 0 radical (unpaired) electrons. The molecule has 0 amide bonds. The highest BCUT2D eigenvalue weighted by Crippen LogP contribution is 2.19. The molecule has 2 aromatic carbocycles. The Morgan fingerprint density at radius 2 is 1.71 bits per heavy atom. The van der Waals surface area contributed by atoms with Crippen LogP contribution in [0.15, 0.2) is 46.9 Å². The largest absolute Gasteiger partial charge is 0.327 e. The fourth-order valence-electron chi connectivity index (χ4n) is 2.12. The van der Waals surface area contributed by atoms with E-state index in [2.05, 4.69) is 15.9 Å². The van der Waals surface area contributed by atoms with Gasteiger partial charge in [0.2, 0.25) is 5.82 Å². The number of halogens is 2. The maximum absolute atomic E-state index is 13.5. The lowest BCUT2D eigenvalue weighted by Crippen LogP contribution is -2.25. The molecule has 2 rings (SSSR count). The first-order chi connectivity index (χ1) is 9.95. The number of nitrogens with two attached hydrogens (primary N) is 1. The summed E-state index contributed by atoms with van der Waals surface area (Å²) >= 11 is 3.36. The van der Waals surface area contributed by atoms with Gasteiger partial charge in [-0.05, 0) is 42.2 Å². The van der Waals surface area contributed by atoms with E-state index in [-0.39, 0.29) is 6.04 Å². The second-order valence-corrected chi connectivity index (χ2v) is 5.75. The van der Waals surface area contributed by atoms with E-state index in [1.807, 2.05) is 24.3 Å². The van der Waals surface area contributed by atoms with Crippen LogP contribution in [0.4, 0.5) is 10.1 Å². The quantitative estimate of drug-likeness (QED) is 0.660. The topological polar surface area (TPSA) is 69.2 Å². The zero-order valence-electron chi connectivity index (χ0n) is 11.1. The molecule has 1 atom stereocenters. The van der Waals surface area contributed by atoms with E-state index in [9.17, 15) is 14.5 Å². The van der Waals surface area contributed by atoms with E-state index in [4.69, 9.17) is 5.73 Å². The highest BCUT2D eigenvalue weighted by atomic mass is 79.9. The van der Waals surface area contributed by atoms with Crippen LogP contribution in [0.2, 0.25) is 0 Å². The lowest BCUT2D eigenvalue weighted by atomic mass is 9.99. The van der Waals surface area contributed by atoms with Gasteiger partial charge in [0.05, 0.1) is 4.92 Å². The van der Waals surface area contributed by atoms with Crippen LogP contribution in [0.1, 0.15) is 11.1 Å². The van der Waals surface area contributed by atoms with E-state index in [0.29, 0.717) is 18.4 Å². The summed E-state index contributed by atoms with van der Waals surface area (Å²) in [5, 5.41) is 10.6. The lowest BCUT2D eigenvalue weighted by molar-refractivity contribution is -0.387. The van der Waals surface area contributed by atoms with Crippen LogP contribution >= 0.6 is 15.9 Å². The first-order valence-electron chi connectivity index (χ1n) is 6.38. The molecule has 0 fully saturated rings. The van der Waals surface area contributed by atoms with Gasteiger partial charge in [-0.1, -0.05) is 34.1 Å². The van der Waals surface area contributed by atoms with Gasteiger partial charge in [0.25, 0.3) is 0 Å². The van der Waals surface area contributed by atoms with Crippen LogP contribution in [0.25, 0.3) is 0 Å². The first-order valence-corrected chi connectivity index (χ1v) is 7.18. The summed E-state index contributed by atoms with van der Waals surface area (Å²) in [4.78, 5) is 9.83. The molecule has 0 saturated heterocycles. The van der Waals surface area contributed by atoms with E-state index in [1.54, 1.807) is 6.07 Å². The second kappa shape index (κ2) is 6.78. The minimum Gasteiger partial charge on any atom is -0.327 e. The molecule has 0 aliphatic heterocycles. The van der Waals surface area contributed by atoms with Crippen molar-refractivity contribution in [3.8, 4) is 0 Å². The Balaban J connectivity index is 2.02. The summed E-state index contributed by atoms with van der Waals surface area (Å²) in [6.07, 6.45) is 1.12. The monoisotopic (exact) mass is 352 g/mol. The number of benzene rings is 2. The maximum atomic E-state index is 13.5. The molecular weight excluding hydrogens is 339 g/mol. The molecule has 2 N–H and O–H groups in total. The van der Waals surface area contributed by atoms with Crippen molar-refractivity contribution in [3.63, 3.8) is 0 Å². The van der Waals surface area contributed by atoms with Crippen molar-refractivity contribution in [1.82, 2.24) is 0 Å². The Kier molecular flexibility index (Phi) is 5.03. The van der Waals surface area contributed by atoms with Gasteiger partial charge in [-0.25, -0.2) is 0 Å². The van der Waals surface area contributed by atoms with Crippen molar-refractivity contribution >= 4 is 21.6 Å². The highest BCUT2D eigenvalue weighted by molar-refractivity contribution is 9.10. The SMILES string of the molecule is NC(Cc1ccc(Br)cc1)Cc1ccc([N+](=O)[O-])c(F)c1. The number of hydrogen-bond donors (Lipinski definition) is 1. The van der Waals surface area contributed by atoms with Crippen molar-refractivity contribution in [2.45, 2.75) is 18.9 Å². The Morgan fingerprint density at radius 3 is 2.29 bits per heavy atom. The predicted molar refractivity (Wildman–Crippen MR) is 82.6 cm³/mol. The number of nitrogens with zero attached hydrogens (tertiary/aromatic N) is 1. The average Bonchev–Trinajstić information content (AvgIpc) is 2.41. The molecule has 0 bridgehead atoms. The van der Waals surface area contributed by atoms with E-state index in [0.717, 1.165) is 10.0 Å². The fourth-order valence-corrected chi connectivity index (χ4v) is 2.39. The lowest BCUT2D eigenvalue weighted by Gasteiger charge is -2.12. The molecule has 0 heterocycles. The first kappa shape index (κ1) is 15.6. The van der Waals surface area contributed by atoms with Crippen molar-refractivity contribution in [2.75, 3.05) is 0 Å². The van der Waals surface area contributed by atoms with Crippen molar-refractivity contribution in [3.05, 3.63) is 74.0 Å². The summed E-state index contributed by atoms with van der Waals surface area (Å²) < 4.78 is 14.5. The number of hydrogen-bond acceptors (Lipinski definition) is 3. The van der Waals surface area contributed by atoms with Gasteiger partial charge >= 0.3 is 5.69 Å². The molecule has 0 spiro atoms. The summed E-state index contributed by atoms with van der Waals surface area (Å²) in [6.45, 7) is 0. The second-order valence-electron chi connectivity index (χ2n) is 4.84. The van der Waals surface area contributed by atoms with Gasteiger partial charge in [-0.3, -0.25) is 10.1 Å². The van der Waals surface area contributed by atoms with Gasteiger partial charge in [-0.15, -0.1) is 0 Å². The summed E-state index contributed by atoms with van der Waals surface area (Å²) in [5.41, 5.74) is 7.29. The molecule has 0 aliphatic carbocycles. The number of nitro groups is 1. The van der Waals surface area contributed by atoms with Gasteiger partial charge in [0.1, 0.15) is 0 Å². The van der Waals surface area contributed by atoms with E-state index < -0.39 is 16.4 Å². The third kappa shape index (κ3) is 4.34. The Morgan fingerprint density at radius 1 is 1.14 bits per heavy atom. The Hall–Kier alpha value is -1.79. The molecule has 6 heteroatoms. The van der Waals surface area contributed by atoms with Crippen LogP contribution in [0, 0.1) is 15.9 Å². The molecule has 21 heavy (non-hydrogen) atoms. The van der Waals surface area contributed by atoms with Crippen LogP contribution in [0.3, 0.4) is 0 Å². The van der Waals surface area contributed by atoms with Gasteiger partial charge < -0.3 is 5.73 Å². The average molecular weight is 353 g/mol. The minimum atomic E-state index is -0.826. The molecule has 1 unspecified atom stereocenters. The van der Waals surface area contributed by atoms with Crippen molar-refractivity contribution in [2.24, 2.45) is 5.73 Å². The standard InChI is InChI=1S/C15H14BrFN2O2/c16-12-4-1-10(2-5-12)7-13(18)8-11-3-6-15(19(20)21)14(17)9-11/h1-6,9,13H,7-8,18H2. The fraction of sp³-hybridized carbons (Fsp3) is 0.200. The zero-order chi connectivity index (χ0) is 15.4. The third-order valence-corrected chi connectivity index (χ3v) is 3.65. The molecule has 110 valence electrons. The molecule has 2 aromatic rings. The molecular formula is C15H14BrFN2O2. The normalized spacial score (nSPS) is 12.1. The summed E-state index contributed by atoms with van der Waals surface area (Å²) in [7, 11) is 0. The smallest absolute Gasteiger partial charge is 0.304 e. The molecule has 4 nitrogen and oxygen atoms in total. The Bertz CT molecular complexity index is 647. The third-order valence-electron chi connectivity index (χ3n) is 3.12. The molecule has 0 aliphatic rings. The molecule has 0 saturated carbocycles. The highest BCUT2D eigenvalue weighted by Gasteiger charge is 2.15. The summed E-state index contributed by atoms with van der Waals surface area (Å²) in [6, 6.07) is 11.5.